The van der Waals surface area contributed by atoms with Gasteiger partial charge in [-0.1, -0.05) is 20.8 Å². The van der Waals surface area contributed by atoms with Crippen molar-refractivity contribution in [2.45, 2.75) is 58.4 Å². The summed E-state index contributed by atoms with van der Waals surface area (Å²) < 4.78 is 0. The molecule has 2 nitrogen and oxygen atoms in total. The molecule has 2 saturated carbocycles. The molecule has 2 aliphatic carbocycles. The summed E-state index contributed by atoms with van der Waals surface area (Å²) in [6.07, 6.45) is 6.72. The molecule has 2 aliphatic rings. The van der Waals surface area contributed by atoms with Crippen molar-refractivity contribution in [3.8, 4) is 0 Å². The van der Waals surface area contributed by atoms with Gasteiger partial charge >= 0.3 is 0 Å². The van der Waals surface area contributed by atoms with Crippen molar-refractivity contribution in [2.75, 3.05) is 13.1 Å². The van der Waals surface area contributed by atoms with E-state index in [1.165, 1.54) is 38.6 Å². The zero-order valence-corrected chi connectivity index (χ0v) is 11.2. The average molecular weight is 224 g/mol. The van der Waals surface area contributed by atoms with Gasteiger partial charge < -0.3 is 11.1 Å². The molecule has 3 N–H and O–H groups in total. The summed E-state index contributed by atoms with van der Waals surface area (Å²) in [4.78, 5) is 0. The van der Waals surface area contributed by atoms with Crippen LogP contribution in [0, 0.1) is 17.3 Å². The number of hydrogen-bond acceptors (Lipinski definition) is 2. The van der Waals surface area contributed by atoms with Crippen molar-refractivity contribution in [3.63, 3.8) is 0 Å². The Morgan fingerprint density at radius 1 is 1.25 bits per heavy atom. The van der Waals surface area contributed by atoms with Crippen LogP contribution in [0.5, 0.6) is 0 Å². The second kappa shape index (κ2) is 4.30. The molecule has 0 aromatic rings. The molecule has 0 aliphatic heterocycles. The zero-order valence-electron chi connectivity index (χ0n) is 11.2. The molecule has 2 atom stereocenters. The van der Waals surface area contributed by atoms with Crippen molar-refractivity contribution in [2.24, 2.45) is 23.0 Å². The van der Waals surface area contributed by atoms with E-state index in [0.717, 1.165) is 12.5 Å². The molecule has 94 valence electrons. The van der Waals surface area contributed by atoms with Gasteiger partial charge in [-0.05, 0) is 55.9 Å². The molecule has 0 aromatic heterocycles. The van der Waals surface area contributed by atoms with Crippen LogP contribution in [-0.2, 0) is 0 Å². The van der Waals surface area contributed by atoms with E-state index in [9.17, 15) is 0 Å². The first-order valence-corrected chi connectivity index (χ1v) is 6.93. The Morgan fingerprint density at radius 2 is 1.94 bits per heavy atom. The summed E-state index contributed by atoms with van der Waals surface area (Å²) in [7, 11) is 0. The summed E-state index contributed by atoms with van der Waals surface area (Å²) in [5.41, 5.74) is 6.81. The maximum Gasteiger partial charge on any atom is 0.0330 e. The molecule has 0 aromatic carbocycles. The minimum Gasteiger partial charge on any atom is -0.329 e. The molecule has 2 heteroatoms. The van der Waals surface area contributed by atoms with Gasteiger partial charge in [-0.25, -0.2) is 0 Å². The Kier molecular flexibility index (Phi) is 3.33. The Balaban J connectivity index is 1.96. The van der Waals surface area contributed by atoms with Gasteiger partial charge in [0, 0.05) is 12.1 Å². The predicted octanol–water partition coefficient (Wildman–Crippen LogP) is 2.53. The van der Waals surface area contributed by atoms with Crippen LogP contribution in [0.3, 0.4) is 0 Å². The van der Waals surface area contributed by atoms with Crippen LogP contribution >= 0.6 is 0 Å². The fraction of sp³-hybridized carbons (Fsp3) is 1.00. The molecule has 0 spiro atoms. The highest BCUT2D eigenvalue weighted by Crippen LogP contribution is 2.43. The first-order chi connectivity index (χ1) is 7.47. The molecular formula is C14H28N2. The fourth-order valence-electron chi connectivity index (χ4n) is 3.24. The predicted molar refractivity (Wildman–Crippen MR) is 69.3 cm³/mol. The van der Waals surface area contributed by atoms with Gasteiger partial charge in [-0.3, -0.25) is 0 Å². The van der Waals surface area contributed by atoms with Gasteiger partial charge in [0.2, 0.25) is 0 Å². The van der Waals surface area contributed by atoms with Gasteiger partial charge in [-0.15, -0.1) is 0 Å². The lowest BCUT2D eigenvalue weighted by atomic mass is 9.64. The van der Waals surface area contributed by atoms with E-state index in [1.807, 2.05) is 0 Å². The molecule has 2 fully saturated rings. The fourth-order valence-corrected chi connectivity index (χ4v) is 3.24. The van der Waals surface area contributed by atoms with Crippen LogP contribution in [0.1, 0.15) is 52.9 Å². The van der Waals surface area contributed by atoms with E-state index in [4.69, 9.17) is 5.73 Å². The van der Waals surface area contributed by atoms with E-state index in [2.05, 4.69) is 26.1 Å². The summed E-state index contributed by atoms with van der Waals surface area (Å²) in [5, 5.41) is 3.81. The Bertz CT molecular complexity index is 241. The third kappa shape index (κ3) is 2.60. The highest BCUT2D eigenvalue weighted by molar-refractivity contribution is 5.01. The minimum absolute atomic E-state index is 0.234. The third-order valence-corrected chi connectivity index (χ3v) is 4.85. The van der Waals surface area contributed by atoms with Gasteiger partial charge in [0.25, 0.3) is 0 Å². The lowest BCUT2D eigenvalue weighted by Gasteiger charge is -2.48. The first kappa shape index (κ1) is 12.4. The lowest BCUT2D eigenvalue weighted by molar-refractivity contribution is 0.0782. The second-order valence-electron chi connectivity index (χ2n) is 6.95. The molecule has 2 rings (SSSR count). The highest BCUT2D eigenvalue weighted by Gasteiger charge is 2.43. The highest BCUT2D eigenvalue weighted by atomic mass is 15.0. The van der Waals surface area contributed by atoms with Crippen molar-refractivity contribution in [1.82, 2.24) is 5.32 Å². The van der Waals surface area contributed by atoms with Crippen LogP contribution in [0.2, 0.25) is 0 Å². The van der Waals surface area contributed by atoms with E-state index in [0.29, 0.717) is 11.3 Å². The van der Waals surface area contributed by atoms with Crippen LogP contribution in [-0.4, -0.2) is 18.6 Å². The monoisotopic (exact) mass is 224 g/mol. The molecule has 16 heavy (non-hydrogen) atoms. The number of rotatable bonds is 4. The van der Waals surface area contributed by atoms with Crippen molar-refractivity contribution >= 4 is 0 Å². The number of hydrogen-bond donors (Lipinski definition) is 2. The smallest absolute Gasteiger partial charge is 0.0330 e. The van der Waals surface area contributed by atoms with Crippen molar-refractivity contribution < 1.29 is 0 Å². The van der Waals surface area contributed by atoms with E-state index in [1.54, 1.807) is 0 Å². The van der Waals surface area contributed by atoms with Gasteiger partial charge in [-0.2, -0.15) is 0 Å². The Hall–Kier alpha value is -0.0800. The van der Waals surface area contributed by atoms with Crippen molar-refractivity contribution in [3.05, 3.63) is 0 Å². The lowest BCUT2D eigenvalue weighted by Crippen LogP contribution is -2.59. The summed E-state index contributed by atoms with van der Waals surface area (Å²) >= 11 is 0. The maximum atomic E-state index is 6.06. The average Bonchev–Trinajstić information content (AvgIpc) is 3.00. The Labute approximate surface area is 100 Å². The third-order valence-electron chi connectivity index (χ3n) is 4.85. The normalized spacial score (nSPS) is 38.6. The zero-order chi connectivity index (χ0) is 11.8. The first-order valence-electron chi connectivity index (χ1n) is 6.93. The quantitative estimate of drug-likeness (QED) is 0.770. The van der Waals surface area contributed by atoms with Gasteiger partial charge in [0.15, 0.2) is 0 Å². The largest absolute Gasteiger partial charge is 0.329 e. The van der Waals surface area contributed by atoms with Crippen LogP contribution < -0.4 is 11.1 Å². The molecule has 0 amide bonds. The SMILES string of the molecule is CC1CC(C)(C)CCC1(CN)NCC1CC1. The van der Waals surface area contributed by atoms with Crippen LogP contribution in [0.15, 0.2) is 0 Å². The molecule has 0 radical (unpaired) electrons. The molecular weight excluding hydrogens is 196 g/mol. The van der Waals surface area contributed by atoms with Crippen LogP contribution in [0.25, 0.3) is 0 Å². The molecule has 0 heterocycles. The van der Waals surface area contributed by atoms with E-state index >= 15 is 0 Å². The standard InChI is InChI=1S/C14H28N2/c1-11-8-13(2,3)6-7-14(11,10-15)16-9-12-4-5-12/h11-12,16H,4-10,15H2,1-3H3. The maximum absolute atomic E-state index is 6.06. The molecule has 0 bridgehead atoms. The summed E-state index contributed by atoms with van der Waals surface area (Å²) in [6.45, 7) is 9.17. The second-order valence-corrected chi connectivity index (χ2v) is 6.95. The van der Waals surface area contributed by atoms with Gasteiger partial charge in [0.1, 0.15) is 0 Å². The minimum atomic E-state index is 0.234. The van der Waals surface area contributed by atoms with Crippen LogP contribution in [0.4, 0.5) is 0 Å². The molecule has 2 unspecified atom stereocenters. The van der Waals surface area contributed by atoms with Gasteiger partial charge in [0.05, 0.1) is 0 Å². The van der Waals surface area contributed by atoms with E-state index < -0.39 is 0 Å². The summed E-state index contributed by atoms with van der Waals surface area (Å²) in [5.74, 6) is 1.66. The Morgan fingerprint density at radius 3 is 2.44 bits per heavy atom. The number of nitrogens with two attached hydrogens (primary N) is 1. The van der Waals surface area contributed by atoms with Crippen molar-refractivity contribution in [1.29, 1.82) is 0 Å². The topological polar surface area (TPSA) is 38.0 Å². The summed E-state index contributed by atoms with van der Waals surface area (Å²) in [6, 6.07) is 0. The number of nitrogens with one attached hydrogen (secondary N) is 1. The van der Waals surface area contributed by atoms with E-state index in [-0.39, 0.29) is 5.54 Å². The molecule has 0 saturated heterocycles.